The number of hydrogen-bond acceptors (Lipinski definition) is 16. The van der Waals surface area contributed by atoms with Crippen LogP contribution in [0.4, 0.5) is 0 Å². The molecule has 0 aromatic carbocycles. The summed E-state index contributed by atoms with van der Waals surface area (Å²) in [6.45, 7) is 12.7. The Morgan fingerprint density at radius 3 is 1.97 bits per heavy atom. The predicted molar refractivity (Wildman–Crippen MR) is 213 cm³/mol. The fraction of sp³-hybridized carbons (Fsp3) is 0.956. The second kappa shape index (κ2) is 16.8. The van der Waals surface area contributed by atoms with Crippen LogP contribution in [0.15, 0.2) is 11.6 Å². The molecule has 5 heterocycles. The van der Waals surface area contributed by atoms with Gasteiger partial charge in [0.15, 0.2) is 24.7 Å². The van der Waals surface area contributed by atoms with E-state index in [-0.39, 0.29) is 23.0 Å². The van der Waals surface area contributed by atoms with Gasteiger partial charge in [-0.25, -0.2) is 0 Å². The lowest BCUT2D eigenvalue weighted by Gasteiger charge is -2.59. The first-order valence-electron chi connectivity index (χ1n) is 23.2. The van der Waals surface area contributed by atoms with Gasteiger partial charge in [0.25, 0.3) is 0 Å². The molecule has 348 valence electrons. The highest BCUT2D eigenvalue weighted by Gasteiger charge is 2.69. The first-order chi connectivity index (χ1) is 28.9. The molecule has 5 saturated heterocycles. The molecule has 3 saturated carbocycles. The van der Waals surface area contributed by atoms with Crippen molar-refractivity contribution >= 4 is 0 Å². The molecule has 61 heavy (non-hydrogen) atoms. The van der Waals surface area contributed by atoms with Gasteiger partial charge in [0.05, 0.1) is 37.6 Å². The summed E-state index contributed by atoms with van der Waals surface area (Å²) in [6, 6.07) is 0. The molecule has 16 nitrogen and oxygen atoms in total. The van der Waals surface area contributed by atoms with Crippen LogP contribution in [0.25, 0.3) is 0 Å². The third-order valence-corrected chi connectivity index (χ3v) is 17.6. The average Bonchev–Trinajstić information content (AvgIpc) is 3.69. The van der Waals surface area contributed by atoms with Crippen LogP contribution in [-0.4, -0.2) is 164 Å². The Bertz CT molecular complexity index is 1590. The summed E-state index contributed by atoms with van der Waals surface area (Å²) in [7, 11) is 0. The predicted octanol–water partition coefficient (Wildman–Crippen LogP) is 1.24. The summed E-state index contributed by atoms with van der Waals surface area (Å²) in [5, 5.41) is 85.9. The Labute approximate surface area is 358 Å². The van der Waals surface area contributed by atoms with Crippen LogP contribution in [0.2, 0.25) is 0 Å². The molecule has 4 aliphatic carbocycles. The van der Waals surface area contributed by atoms with Crippen molar-refractivity contribution in [1.82, 2.24) is 0 Å². The zero-order valence-electron chi connectivity index (χ0n) is 36.5. The van der Waals surface area contributed by atoms with Crippen molar-refractivity contribution in [2.45, 2.75) is 209 Å². The maximum Gasteiger partial charge on any atom is 0.187 e. The minimum absolute atomic E-state index is 0.0272. The zero-order valence-corrected chi connectivity index (χ0v) is 36.5. The first-order valence-corrected chi connectivity index (χ1v) is 23.2. The molecule has 8 N–H and O–H groups in total. The van der Waals surface area contributed by atoms with Gasteiger partial charge in [-0.15, -0.1) is 0 Å². The molecule has 1 spiro atoms. The largest absolute Gasteiger partial charge is 0.394 e. The van der Waals surface area contributed by atoms with Gasteiger partial charge in [-0.3, -0.25) is 0 Å². The Hall–Kier alpha value is -0.900. The summed E-state index contributed by atoms with van der Waals surface area (Å²) in [5.41, 5.74) is 1.51. The molecule has 16 heteroatoms. The van der Waals surface area contributed by atoms with Gasteiger partial charge in [-0.1, -0.05) is 39.3 Å². The highest BCUT2D eigenvalue weighted by Crippen LogP contribution is 2.70. The molecule has 9 aliphatic rings. The van der Waals surface area contributed by atoms with Crippen LogP contribution in [0.1, 0.15) is 99.3 Å². The van der Waals surface area contributed by atoms with E-state index >= 15 is 0 Å². The number of aliphatic hydroxyl groups is 8. The molecule has 0 aromatic rings. The number of aliphatic hydroxyl groups excluding tert-OH is 8. The fourth-order valence-corrected chi connectivity index (χ4v) is 14.0. The van der Waals surface area contributed by atoms with E-state index in [9.17, 15) is 40.9 Å². The van der Waals surface area contributed by atoms with Crippen molar-refractivity contribution in [3.8, 4) is 0 Å². The Morgan fingerprint density at radius 1 is 0.689 bits per heavy atom. The normalized spacial score (nSPS) is 58.4. The topological polar surface area (TPSA) is 236 Å². The van der Waals surface area contributed by atoms with Crippen LogP contribution >= 0.6 is 0 Å². The lowest BCUT2D eigenvalue weighted by atomic mass is 9.47. The highest BCUT2D eigenvalue weighted by atomic mass is 16.8. The van der Waals surface area contributed by atoms with Crippen molar-refractivity contribution < 1.29 is 78.7 Å². The molecule has 0 bridgehead atoms. The van der Waals surface area contributed by atoms with E-state index in [2.05, 4.69) is 33.8 Å². The molecule has 5 aliphatic heterocycles. The minimum Gasteiger partial charge on any atom is -0.394 e. The second-order valence-corrected chi connectivity index (χ2v) is 21.1. The molecule has 26 atom stereocenters. The van der Waals surface area contributed by atoms with Crippen LogP contribution in [0, 0.1) is 46.3 Å². The van der Waals surface area contributed by atoms with Crippen molar-refractivity contribution in [2.75, 3.05) is 13.2 Å². The second-order valence-electron chi connectivity index (χ2n) is 21.1. The van der Waals surface area contributed by atoms with E-state index in [4.69, 9.17) is 37.9 Å². The molecule has 0 radical (unpaired) electrons. The van der Waals surface area contributed by atoms with Crippen molar-refractivity contribution in [2.24, 2.45) is 46.3 Å². The smallest absolute Gasteiger partial charge is 0.187 e. The number of ether oxygens (including phenoxy) is 8. The van der Waals surface area contributed by atoms with Gasteiger partial charge in [0.1, 0.15) is 61.0 Å². The average molecular weight is 869 g/mol. The molecule has 0 amide bonds. The van der Waals surface area contributed by atoms with E-state index < -0.39 is 105 Å². The van der Waals surface area contributed by atoms with Gasteiger partial charge in [0.2, 0.25) is 0 Å². The van der Waals surface area contributed by atoms with Gasteiger partial charge in [0, 0.05) is 12.3 Å². The third-order valence-electron chi connectivity index (χ3n) is 17.6. The molecule has 8 fully saturated rings. The number of fused-ring (bicyclic) bond motifs is 7. The maximum atomic E-state index is 11.6. The van der Waals surface area contributed by atoms with Gasteiger partial charge < -0.3 is 78.7 Å². The SMILES string of the molecule is CC1CCC2(OC1)OC1CC3C4CC=C5CC(OC6OC(CO)C(O)C(OC7OC(C)C(O)C(O)C7O)C6OC6OC(C)C(O)C(O)C6O)CCC5(C)C4CCC3(C)C1C2C. The first kappa shape index (κ1) is 45.3. The summed E-state index contributed by atoms with van der Waals surface area (Å²) < 4.78 is 50.5. The van der Waals surface area contributed by atoms with E-state index in [1.807, 2.05) is 0 Å². The number of allylic oxidation sites excluding steroid dienone is 1. The molecule has 0 aromatic heterocycles. The van der Waals surface area contributed by atoms with E-state index in [0.29, 0.717) is 48.3 Å². The number of rotatable bonds is 7. The third kappa shape index (κ3) is 7.42. The van der Waals surface area contributed by atoms with E-state index in [0.717, 1.165) is 51.6 Å². The lowest BCUT2D eigenvalue weighted by molar-refractivity contribution is -0.393. The molecular weight excluding hydrogens is 796 g/mol. The van der Waals surface area contributed by atoms with Crippen molar-refractivity contribution in [3.63, 3.8) is 0 Å². The zero-order chi connectivity index (χ0) is 43.5. The molecule has 9 rings (SSSR count). The van der Waals surface area contributed by atoms with E-state index in [1.54, 1.807) is 0 Å². The Balaban J connectivity index is 0.937. The number of hydrogen-bond donors (Lipinski definition) is 8. The van der Waals surface area contributed by atoms with Crippen LogP contribution in [0.3, 0.4) is 0 Å². The summed E-state index contributed by atoms with van der Waals surface area (Å²) in [6.07, 6.45) is -10.6. The van der Waals surface area contributed by atoms with Gasteiger partial charge in [-0.2, -0.15) is 0 Å². The summed E-state index contributed by atoms with van der Waals surface area (Å²) in [5.74, 6) is 2.61. The van der Waals surface area contributed by atoms with Crippen LogP contribution in [-0.2, 0) is 37.9 Å². The van der Waals surface area contributed by atoms with Gasteiger partial charge in [-0.05, 0) is 106 Å². The van der Waals surface area contributed by atoms with Crippen LogP contribution < -0.4 is 0 Å². The highest BCUT2D eigenvalue weighted by molar-refractivity contribution is 5.26. The quantitative estimate of drug-likeness (QED) is 0.168. The van der Waals surface area contributed by atoms with Crippen LogP contribution in [0.5, 0.6) is 0 Å². The molecule has 26 unspecified atom stereocenters. The monoisotopic (exact) mass is 868 g/mol. The van der Waals surface area contributed by atoms with E-state index in [1.165, 1.54) is 19.4 Å². The summed E-state index contributed by atoms with van der Waals surface area (Å²) >= 11 is 0. The Kier molecular flexibility index (Phi) is 12.4. The van der Waals surface area contributed by atoms with Crippen molar-refractivity contribution in [3.05, 3.63) is 11.6 Å². The fourth-order valence-electron chi connectivity index (χ4n) is 14.0. The van der Waals surface area contributed by atoms with Crippen molar-refractivity contribution in [1.29, 1.82) is 0 Å². The maximum absolute atomic E-state index is 11.6. The van der Waals surface area contributed by atoms with Gasteiger partial charge >= 0.3 is 0 Å². The molecular formula is C45H72O16. The summed E-state index contributed by atoms with van der Waals surface area (Å²) in [4.78, 5) is 0. The lowest BCUT2D eigenvalue weighted by Crippen LogP contribution is -2.67. The Morgan fingerprint density at radius 2 is 1.34 bits per heavy atom. The standard InChI is InChI=1S/C45H72O16/c1-19-9-14-45(54-18-19)20(2)30-28(61-45)16-27-25-8-7-23-15-24(10-12-43(23,5)26(25)11-13-44(27,30)6)57-42-39(60-41-37(53)35(51)32(48)22(4)56-41)38(33(49)29(17-46)58-42)59-40-36(52)34(50)31(47)21(3)55-40/h7,19-22,24-42,46-53H,8-18H2,1-6H3. The minimum atomic E-state index is -1.73.